The lowest BCUT2D eigenvalue weighted by molar-refractivity contribution is 0.0138. The SMILES string of the molecule is O=C(NCC1CN2CCN1CC2)c1ccc(Cl)c(F)c1. The van der Waals surface area contributed by atoms with Crippen LogP contribution in [0.5, 0.6) is 0 Å². The molecule has 6 heteroatoms. The fourth-order valence-corrected chi connectivity index (χ4v) is 2.99. The molecule has 1 unspecified atom stereocenters. The van der Waals surface area contributed by atoms with Crippen molar-refractivity contribution in [1.29, 1.82) is 0 Å². The Labute approximate surface area is 122 Å². The quantitative estimate of drug-likeness (QED) is 0.911. The first kappa shape index (κ1) is 13.8. The Morgan fingerprint density at radius 1 is 1.35 bits per heavy atom. The molecule has 108 valence electrons. The van der Waals surface area contributed by atoms with Crippen molar-refractivity contribution in [3.8, 4) is 0 Å². The number of halogens is 2. The first-order valence-electron chi connectivity index (χ1n) is 6.83. The number of nitrogens with zero attached hydrogens (tertiary/aromatic N) is 2. The number of carbonyl (C=O) groups excluding carboxylic acids is 1. The third-order valence-corrected chi connectivity index (χ3v) is 4.38. The lowest BCUT2D eigenvalue weighted by Gasteiger charge is -2.47. The first-order chi connectivity index (χ1) is 9.63. The van der Waals surface area contributed by atoms with Crippen molar-refractivity contribution in [3.63, 3.8) is 0 Å². The molecule has 3 heterocycles. The summed E-state index contributed by atoms with van der Waals surface area (Å²) in [5, 5.41) is 2.92. The summed E-state index contributed by atoms with van der Waals surface area (Å²) in [5.74, 6) is -0.816. The average molecular weight is 298 g/mol. The van der Waals surface area contributed by atoms with Gasteiger partial charge in [0.15, 0.2) is 0 Å². The van der Waals surface area contributed by atoms with Crippen LogP contribution >= 0.6 is 11.6 Å². The predicted molar refractivity (Wildman–Crippen MR) is 75.5 cm³/mol. The molecule has 3 aliphatic rings. The van der Waals surface area contributed by atoms with E-state index < -0.39 is 5.82 Å². The number of piperazine rings is 3. The number of nitrogens with one attached hydrogen (secondary N) is 1. The zero-order valence-electron chi connectivity index (χ0n) is 11.1. The summed E-state index contributed by atoms with van der Waals surface area (Å²) in [4.78, 5) is 16.8. The number of carbonyl (C=O) groups is 1. The zero-order valence-corrected chi connectivity index (χ0v) is 11.9. The number of fused-ring (bicyclic) bond motifs is 3. The van der Waals surface area contributed by atoms with Crippen LogP contribution in [0.4, 0.5) is 4.39 Å². The molecule has 1 atom stereocenters. The minimum Gasteiger partial charge on any atom is -0.350 e. The molecule has 0 spiro atoms. The molecule has 3 saturated heterocycles. The predicted octanol–water partition coefficient (Wildman–Crippen LogP) is 1.21. The highest BCUT2D eigenvalue weighted by atomic mass is 35.5. The summed E-state index contributed by atoms with van der Waals surface area (Å²) < 4.78 is 13.3. The molecule has 3 aliphatic heterocycles. The number of hydrogen-bond acceptors (Lipinski definition) is 3. The summed E-state index contributed by atoms with van der Waals surface area (Å²) in [6.45, 7) is 5.96. The van der Waals surface area contributed by atoms with Crippen molar-refractivity contribution in [2.45, 2.75) is 6.04 Å². The molecule has 1 aromatic carbocycles. The molecule has 4 rings (SSSR count). The van der Waals surface area contributed by atoms with Gasteiger partial charge in [-0.15, -0.1) is 0 Å². The van der Waals surface area contributed by atoms with E-state index in [1.807, 2.05) is 0 Å². The number of rotatable bonds is 3. The lowest BCUT2D eigenvalue weighted by Crippen LogP contribution is -2.63. The van der Waals surface area contributed by atoms with Crippen molar-refractivity contribution in [2.24, 2.45) is 0 Å². The van der Waals surface area contributed by atoms with Gasteiger partial charge in [-0.25, -0.2) is 4.39 Å². The monoisotopic (exact) mass is 297 g/mol. The van der Waals surface area contributed by atoms with Gasteiger partial charge >= 0.3 is 0 Å². The molecular formula is C14H17ClFN3O. The van der Waals surface area contributed by atoms with Crippen LogP contribution in [0.3, 0.4) is 0 Å². The van der Waals surface area contributed by atoms with Crippen molar-refractivity contribution in [2.75, 3.05) is 39.3 Å². The second-order valence-electron chi connectivity index (χ2n) is 5.33. The van der Waals surface area contributed by atoms with Crippen molar-refractivity contribution >= 4 is 17.5 Å². The van der Waals surface area contributed by atoms with Gasteiger partial charge in [-0.3, -0.25) is 14.6 Å². The van der Waals surface area contributed by atoms with Gasteiger partial charge in [0.05, 0.1) is 5.02 Å². The molecule has 1 amide bonds. The van der Waals surface area contributed by atoms with Crippen LogP contribution in [0.2, 0.25) is 5.02 Å². The summed E-state index contributed by atoms with van der Waals surface area (Å²) in [7, 11) is 0. The molecule has 1 aromatic rings. The normalized spacial score (nSPS) is 28.4. The molecule has 20 heavy (non-hydrogen) atoms. The molecule has 3 fully saturated rings. The van der Waals surface area contributed by atoms with Gasteiger partial charge in [0, 0.05) is 50.9 Å². The summed E-state index contributed by atoms with van der Waals surface area (Å²) in [6.07, 6.45) is 0. The van der Waals surface area contributed by atoms with Crippen LogP contribution in [0.1, 0.15) is 10.4 Å². The fraction of sp³-hybridized carbons (Fsp3) is 0.500. The van der Waals surface area contributed by atoms with Crippen LogP contribution in [-0.4, -0.2) is 61.0 Å². The Kier molecular flexibility index (Phi) is 3.92. The van der Waals surface area contributed by atoms with E-state index in [2.05, 4.69) is 15.1 Å². The maximum absolute atomic E-state index is 13.3. The van der Waals surface area contributed by atoms with Gasteiger partial charge in [-0.1, -0.05) is 11.6 Å². The van der Waals surface area contributed by atoms with Crippen LogP contribution in [0.15, 0.2) is 18.2 Å². The Hall–Kier alpha value is -1.17. The van der Waals surface area contributed by atoms with Crippen LogP contribution < -0.4 is 5.32 Å². The fourth-order valence-electron chi connectivity index (χ4n) is 2.87. The van der Waals surface area contributed by atoms with Crippen LogP contribution in [0, 0.1) is 5.82 Å². The molecule has 0 radical (unpaired) electrons. The van der Waals surface area contributed by atoms with Gasteiger partial charge < -0.3 is 5.32 Å². The van der Waals surface area contributed by atoms with E-state index in [0.29, 0.717) is 18.2 Å². The van der Waals surface area contributed by atoms with Gasteiger partial charge in [-0.2, -0.15) is 0 Å². The van der Waals surface area contributed by atoms with E-state index in [4.69, 9.17) is 11.6 Å². The lowest BCUT2D eigenvalue weighted by atomic mass is 10.1. The molecular weight excluding hydrogens is 281 g/mol. The number of hydrogen-bond donors (Lipinski definition) is 1. The van der Waals surface area contributed by atoms with Crippen molar-refractivity contribution in [1.82, 2.24) is 15.1 Å². The minimum absolute atomic E-state index is 0.0325. The minimum atomic E-state index is -0.564. The van der Waals surface area contributed by atoms with E-state index in [9.17, 15) is 9.18 Å². The van der Waals surface area contributed by atoms with Crippen LogP contribution in [0.25, 0.3) is 0 Å². The Morgan fingerprint density at radius 3 is 2.70 bits per heavy atom. The third kappa shape index (κ3) is 2.80. The van der Waals surface area contributed by atoms with E-state index in [0.717, 1.165) is 32.7 Å². The Bertz CT molecular complexity index is 517. The van der Waals surface area contributed by atoms with E-state index >= 15 is 0 Å². The number of amides is 1. The maximum atomic E-state index is 13.3. The molecule has 0 aliphatic carbocycles. The molecule has 1 N–H and O–H groups in total. The van der Waals surface area contributed by atoms with E-state index in [-0.39, 0.29) is 10.9 Å². The largest absolute Gasteiger partial charge is 0.350 e. The van der Waals surface area contributed by atoms with Crippen LogP contribution in [-0.2, 0) is 0 Å². The summed E-state index contributed by atoms with van der Waals surface area (Å²) in [6, 6.07) is 4.48. The molecule has 2 bridgehead atoms. The standard InChI is InChI=1S/C14H17ClFN3O/c15-12-2-1-10(7-13(12)16)14(20)17-8-11-9-18-3-5-19(11)6-4-18/h1-2,7,11H,3-6,8-9H2,(H,17,20). The van der Waals surface area contributed by atoms with Gasteiger partial charge in [0.1, 0.15) is 5.82 Å². The van der Waals surface area contributed by atoms with E-state index in [1.165, 1.54) is 18.2 Å². The molecule has 0 aromatic heterocycles. The maximum Gasteiger partial charge on any atom is 0.251 e. The third-order valence-electron chi connectivity index (χ3n) is 4.07. The highest BCUT2D eigenvalue weighted by Crippen LogP contribution is 2.17. The van der Waals surface area contributed by atoms with Gasteiger partial charge in [0.25, 0.3) is 5.91 Å². The first-order valence-corrected chi connectivity index (χ1v) is 7.21. The molecule has 4 nitrogen and oxygen atoms in total. The zero-order chi connectivity index (χ0) is 14.1. The van der Waals surface area contributed by atoms with E-state index in [1.54, 1.807) is 0 Å². The van der Waals surface area contributed by atoms with Crippen molar-refractivity contribution < 1.29 is 9.18 Å². The Balaban J connectivity index is 1.58. The highest BCUT2D eigenvalue weighted by Gasteiger charge is 2.31. The topological polar surface area (TPSA) is 35.6 Å². The second kappa shape index (κ2) is 5.68. The second-order valence-corrected chi connectivity index (χ2v) is 5.74. The smallest absolute Gasteiger partial charge is 0.251 e. The summed E-state index contributed by atoms with van der Waals surface area (Å²) >= 11 is 5.61. The van der Waals surface area contributed by atoms with Gasteiger partial charge in [0.2, 0.25) is 0 Å². The molecule has 0 saturated carbocycles. The number of benzene rings is 1. The van der Waals surface area contributed by atoms with Gasteiger partial charge in [-0.05, 0) is 18.2 Å². The Morgan fingerprint density at radius 2 is 2.10 bits per heavy atom. The highest BCUT2D eigenvalue weighted by molar-refractivity contribution is 6.30. The van der Waals surface area contributed by atoms with Crippen molar-refractivity contribution in [3.05, 3.63) is 34.6 Å². The summed E-state index contributed by atoms with van der Waals surface area (Å²) in [5.41, 5.74) is 0.308. The average Bonchev–Trinajstić information content (AvgIpc) is 2.49.